The number of likely N-dealkylation sites (N-methyl/N-ethyl adjacent to an activating group) is 1. The van der Waals surface area contributed by atoms with E-state index in [1.165, 1.54) is 12.0 Å². The summed E-state index contributed by atoms with van der Waals surface area (Å²) < 4.78 is 11.0. The average molecular weight is 457 g/mol. The van der Waals surface area contributed by atoms with Gasteiger partial charge in [0.2, 0.25) is 0 Å². The smallest absolute Gasteiger partial charge is 0.282 e. The van der Waals surface area contributed by atoms with Crippen molar-refractivity contribution in [2.45, 2.75) is 20.4 Å². The molecule has 1 aliphatic heterocycles. The second-order valence-corrected chi connectivity index (χ2v) is 8.14. The molecule has 4 rings (SSSR count). The van der Waals surface area contributed by atoms with E-state index in [1.807, 2.05) is 86.5 Å². The summed E-state index contributed by atoms with van der Waals surface area (Å²) in [5, 5.41) is 0. The fraction of sp³-hybridized carbons (Fsp3) is 0.214. The highest BCUT2D eigenvalue weighted by molar-refractivity contribution is 6.45. The molecule has 6 nitrogen and oxygen atoms in total. The molecule has 174 valence electrons. The van der Waals surface area contributed by atoms with Crippen molar-refractivity contribution >= 4 is 23.1 Å². The number of nitrogens with zero attached hydrogens (tertiary/aromatic N) is 2. The summed E-state index contributed by atoms with van der Waals surface area (Å²) >= 11 is 0. The van der Waals surface area contributed by atoms with Crippen molar-refractivity contribution in [3.8, 4) is 11.5 Å². The summed E-state index contributed by atoms with van der Waals surface area (Å²) in [6.07, 6.45) is 0. The largest absolute Gasteiger partial charge is 0.495 e. The Kier molecular flexibility index (Phi) is 6.68. The zero-order chi connectivity index (χ0) is 24.2. The maximum atomic E-state index is 13.8. The molecular weight excluding hydrogens is 428 g/mol. The second-order valence-electron chi connectivity index (χ2n) is 8.14. The van der Waals surface area contributed by atoms with Crippen LogP contribution in [-0.2, 0) is 16.1 Å². The highest BCUT2D eigenvalue weighted by Gasteiger charge is 2.42. The van der Waals surface area contributed by atoms with Gasteiger partial charge in [0.1, 0.15) is 17.2 Å². The van der Waals surface area contributed by atoms with E-state index >= 15 is 0 Å². The molecule has 0 saturated heterocycles. The molecule has 0 aromatic heterocycles. The predicted molar refractivity (Wildman–Crippen MR) is 133 cm³/mol. The molecule has 6 heteroatoms. The van der Waals surface area contributed by atoms with Crippen LogP contribution in [0.1, 0.15) is 23.6 Å². The molecule has 0 bridgehead atoms. The van der Waals surface area contributed by atoms with Gasteiger partial charge in [0.25, 0.3) is 11.8 Å². The van der Waals surface area contributed by atoms with Gasteiger partial charge < -0.3 is 14.4 Å². The molecule has 34 heavy (non-hydrogen) atoms. The minimum absolute atomic E-state index is 0.349. The normalized spacial score (nSPS) is 13.5. The van der Waals surface area contributed by atoms with Gasteiger partial charge in [-0.1, -0.05) is 48.5 Å². The number of aryl methyl sites for hydroxylation is 1. The van der Waals surface area contributed by atoms with E-state index in [0.717, 1.165) is 11.1 Å². The summed E-state index contributed by atoms with van der Waals surface area (Å²) in [5.41, 5.74) is 3.76. The van der Waals surface area contributed by atoms with E-state index in [1.54, 1.807) is 12.1 Å². The first-order chi connectivity index (χ1) is 16.4. The minimum Gasteiger partial charge on any atom is -0.495 e. The molecule has 0 atom stereocenters. The zero-order valence-corrected chi connectivity index (χ0v) is 19.9. The number of carbonyl (C=O) groups excluding carboxylic acids is 2. The number of methoxy groups -OCH3 is 1. The number of anilines is 1. The van der Waals surface area contributed by atoms with Crippen LogP contribution >= 0.6 is 0 Å². The molecule has 0 radical (unpaired) electrons. The van der Waals surface area contributed by atoms with E-state index in [2.05, 4.69) is 0 Å². The fourth-order valence-corrected chi connectivity index (χ4v) is 4.15. The van der Waals surface area contributed by atoms with Gasteiger partial charge in [-0.2, -0.15) is 0 Å². The maximum absolute atomic E-state index is 13.8. The lowest BCUT2D eigenvalue weighted by Gasteiger charge is -2.22. The number of ether oxygens (including phenoxy) is 2. The number of amides is 2. The molecule has 0 fully saturated rings. The summed E-state index contributed by atoms with van der Waals surface area (Å²) in [7, 11) is 3.36. The van der Waals surface area contributed by atoms with Crippen molar-refractivity contribution in [1.29, 1.82) is 0 Å². The van der Waals surface area contributed by atoms with Crippen molar-refractivity contribution in [2.24, 2.45) is 0 Å². The number of hydrogen-bond acceptors (Lipinski definition) is 5. The van der Waals surface area contributed by atoms with Crippen LogP contribution in [0.5, 0.6) is 11.5 Å². The topological polar surface area (TPSA) is 59.1 Å². The van der Waals surface area contributed by atoms with Gasteiger partial charge in [0, 0.05) is 13.6 Å². The van der Waals surface area contributed by atoms with Crippen LogP contribution in [0.4, 0.5) is 5.69 Å². The van der Waals surface area contributed by atoms with Gasteiger partial charge in [0.05, 0.1) is 25.0 Å². The van der Waals surface area contributed by atoms with Crippen LogP contribution in [0.3, 0.4) is 0 Å². The SMILES string of the molecule is CCOc1ccc(C2=C(N(C)Cc3ccccc3)C(=O)N(c3cc(C)ccc3OC)C2=O)cc1. The van der Waals surface area contributed by atoms with Crippen LogP contribution in [0, 0.1) is 6.92 Å². The Morgan fingerprint density at radius 3 is 2.26 bits per heavy atom. The Morgan fingerprint density at radius 2 is 1.62 bits per heavy atom. The van der Waals surface area contributed by atoms with Crippen molar-refractivity contribution in [2.75, 3.05) is 25.7 Å². The lowest BCUT2D eigenvalue weighted by Crippen LogP contribution is -2.34. The summed E-state index contributed by atoms with van der Waals surface area (Å²) in [4.78, 5) is 30.7. The fourth-order valence-electron chi connectivity index (χ4n) is 4.15. The second kappa shape index (κ2) is 9.83. The van der Waals surface area contributed by atoms with E-state index in [-0.39, 0.29) is 11.8 Å². The lowest BCUT2D eigenvalue weighted by molar-refractivity contribution is -0.120. The molecule has 2 amide bonds. The molecule has 1 aliphatic rings. The van der Waals surface area contributed by atoms with Crippen LogP contribution in [0.25, 0.3) is 5.57 Å². The Labute approximate surface area is 200 Å². The van der Waals surface area contributed by atoms with Gasteiger partial charge in [0.15, 0.2) is 0 Å². The van der Waals surface area contributed by atoms with Crippen molar-refractivity contribution < 1.29 is 19.1 Å². The summed E-state index contributed by atoms with van der Waals surface area (Å²) in [6.45, 7) is 4.86. The monoisotopic (exact) mass is 456 g/mol. The van der Waals surface area contributed by atoms with Crippen LogP contribution in [-0.4, -0.2) is 37.5 Å². The van der Waals surface area contributed by atoms with Gasteiger partial charge in [-0.25, -0.2) is 4.90 Å². The third-order valence-corrected chi connectivity index (χ3v) is 5.73. The maximum Gasteiger partial charge on any atom is 0.282 e. The van der Waals surface area contributed by atoms with Crippen LogP contribution in [0.15, 0.2) is 78.5 Å². The number of benzene rings is 3. The lowest BCUT2D eigenvalue weighted by atomic mass is 10.0. The quantitative estimate of drug-likeness (QED) is 0.455. The van der Waals surface area contributed by atoms with Crippen molar-refractivity contribution in [1.82, 2.24) is 4.90 Å². The number of carbonyl (C=O) groups is 2. The molecule has 0 aliphatic carbocycles. The third kappa shape index (κ3) is 4.39. The molecule has 0 saturated carbocycles. The molecule has 0 unspecified atom stereocenters. The first-order valence-electron chi connectivity index (χ1n) is 11.2. The molecule has 3 aromatic rings. The van der Waals surface area contributed by atoms with E-state index in [9.17, 15) is 9.59 Å². The Morgan fingerprint density at radius 1 is 0.912 bits per heavy atom. The number of rotatable bonds is 8. The van der Waals surface area contributed by atoms with E-state index in [4.69, 9.17) is 9.47 Å². The summed E-state index contributed by atoms with van der Waals surface area (Å²) in [6, 6.07) is 22.6. The first kappa shape index (κ1) is 23.1. The third-order valence-electron chi connectivity index (χ3n) is 5.73. The Hall–Kier alpha value is -4.06. The van der Waals surface area contributed by atoms with Crippen molar-refractivity contribution in [3.63, 3.8) is 0 Å². The number of hydrogen-bond donors (Lipinski definition) is 0. The Balaban J connectivity index is 1.81. The van der Waals surface area contributed by atoms with E-state index in [0.29, 0.717) is 47.2 Å². The minimum atomic E-state index is -0.382. The molecule has 0 spiro atoms. The van der Waals surface area contributed by atoms with Gasteiger partial charge >= 0.3 is 0 Å². The highest BCUT2D eigenvalue weighted by atomic mass is 16.5. The van der Waals surface area contributed by atoms with Gasteiger partial charge in [-0.05, 0) is 54.8 Å². The van der Waals surface area contributed by atoms with Gasteiger partial charge in [-0.3, -0.25) is 9.59 Å². The molecule has 1 heterocycles. The van der Waals surface area contributed by atoms with Crippen LogP contribution in [0.2, 0.25) is 0 Å². The summed E-state index contributed by atoms with van der Waals surface area (Å²) in [5.74, 6) is 0.412. The van der Waals surface area contributed by atoms with Gasteiger partial charge in [-0.15, -0.1) is 0 Å². The highest BCUT2D eigenvalue weighted by Crippen LogP contribution is 2.39. The molecular formula is C28H28N2O4. The zero-order valence-electron chi connectivity index (χ0n) is 19.9. The number of imide groups is 1. The van der Waals surface area contributed by atoms with Crippen molar-refractivity contribution in [3.05, 3.63) is 95.2 Å². The van der Waals surface area contributed by atoms with E-state index < -0.39 is 0 Å². The van der Waals surface area contributed by atoms with Crippen LogP contribution < -0.4 is 14.4 Å². The average Bonchev–Trinajstić information content (AvgIpc) is 3.10. The Bertz CT molecular complexity index is 1230. The molecule has 0 N–H and O–H groups in total. The first-order valence-corrected chi connectivity index (χ1v) is 11.2. The molecule has 3 aromatic carbocycles. The predicted octanol–water partition coefficient (Wildman–Crippen LogP) is 4.82. The standard InChI is InChI=1S/C28H28N2O4/c1-5-34-22-14-12-21(13-15-22)25-26(29(3)18-20-9-7-6-8-10-20)28(32)30(27(25)31)23-17-19(2)11-16-24(23)33-4/h6-17H,5,18H2,1-4H3.